The smallest absolute Gasteiger partial charge is 0.237 e. The average molecular weight is 354 g/mol. The van der Waals surface area contributed by atoms with Crippen LogP contribution >= 0.6 is 12.4 Å². The van der Waals surface area contributed by atoms with Crippen LogP contribution in [-0.4, -0.2) is 16.9 Å². The predicted octanol–water partition coefficient (Wildman–Crippen LogP) is 3.18. The number of amides is 1. The van der Waals surface area contributed by atoms with Crippen molar-refractivity contribution in [2.24, 2.45) is 5.73 Å². The summed E-state index contributed by atoms with van der Waals surface area (Å²) in [5.74, 6) is 0.413. The first-order valence-electron chi connectivity index (χ1n) is 7.50. The summed E-state index contributed by atoms with van der Waals surface area (Å²) in [6.07, 6.45) is 3.14. The molecule has 0 bridgehead atoms. The Morgan fingerprint density at radius 3 is 2.58 bits per heavy atom. The Kier molecular flexibility index (Phi) is 8.15. The van der Waals surface area contributed by atoms with E-state index in [0.29, 0.717) is 24.6 Å². The Balaban J connectivity index is 0.00000288. The maximum Gasteiger partial charge on any atom is 0.237 e. The first kappa shape index (κ1) is 19.9. The van der Waals surface area contributed by atoms with E-state index in [1.807, 2.05) is 6.92 Å². The quantitative estimate of drug-likeness (QED) is 0.801. The van der Waals surface area contributed by atoms with Crippen molar-refractivity contribution in [3.05, 3.63) is 54.0 Å². The first-order valence-corrected chi connectivity index (χ1v) is 7.50. The molecule has 1 amide bonds. The van der Waals surface area contributed by atoms with Crippen LogP contribution in [0, 0.1) is 5.82 Å². The monoisotopic (exact) mass is 353 g/mol. The minimum absolute atomic E-state index is 0. The molecule has 1 heterocycles. The number of pyridine rings is 1. The van der Waals surface area contributed by atoms with Gasteiger partial charge in [-0.05, 0) is 36.2 Å². The molecule has 1 aromatic heterocycles. The van der Waals surface area contributed by atoms with Crippen LogP contribution in [-0.2, 0) is 11.3 Å². The molecule has 2 aromatic rings. The number of hydrogen-bond acceptors (Lipinski definition) is 4. The van der Waals surface area contributed by atoms with Gasteiger partial charge in [0.2, 0.25) is 11.8 Å². The van der Waals surface area contributed by atoms with Gasteiger partial charge in [0, 0.05) is 18.8 Å². The van der Waals surface area contributed by atoms with E-state index >= 15 is 0 Å². The van der Waals surface area contributed by atoms with Crippen molar-refractivity contribution in [3.63, 3.8) is 0 Å². The van der Waals surface area contributed by atoms with Crippen molar-refractivity contribution < 1.29 is 13.9 Å². The van der Waals surface area contributed by atoms with E-state index in [-0.39, 0.29) is 24.1 Å². The lowest BCUT2D eigenvalue weighted by atomic mass is 10.1. The average Bonchev–Trinajstić information content (AvgIpc) is 2.56. The number of nitrogens with zero attached hydrogens (tertiary/aromatic N) is 1. The van der Waals surface area contributed by atoms with Gasteiger partial charge in [-0.1, -0.05) is 19.4 Å². The third kappa shape index (κ3) is 6.14. The number of benzene rings is 1. The van der Waals surface area contributed by atoms with E-state index in [1.165, 1.54) is 24.3 Å². The van der Waals surface area contributed by atoms with Crippen LogP contribution in [0.5, 0.6) is 11.6 Å². The van der Waals surface area contributed by atoms with E-state index in [2.05, 4.69) is 10.3 Å². The van der Waals surface area contributed by atoms with Crippen LogP contribution in [0.15, 0.2) is 42.6 Å². The molecule has 0 aliphatic carbocycles. The second-order valence-corrected chi connectivity index (χ2v) is 5.17. The molecule has 5 nitrogen and oxygen atoms in total. The van der Waals surface area contributed by atoms with Gasteiger partial charge < -0.3 is 15.8 Å². The Hall–Kier alpha value is -2.18. The summed E-state index contributed by atoms with van der Waals surface area (Å²) in [7, 11) is 0. The summed E-state index contributed by atoms with van der Waals surface area (Å²) >= 11 is 0. The largest absolute Gasteiger partial charge is 0.439 e. The van der Waals surface area contributed by atoms with Crippen LogP contribution < -0.4 is 15.8 Å². The summed E-state index contributed by atoms with van der Waals surface area (Å²) in [6, 6.07) is 8.71. The van der Waals surface area contributed by atoms with Gasteiger partial charge in [0.25, 0.3) is 0 Å². The molecule has 2 rings (SSSR count). The summed E-state index contributed by atoms with van der Waals surface area (Å²) < 4.78 is 18.3. The highest BCUT2D eigenvalue weighted by Crippen LogP contribution is 2.19. The number of carbonyl (C=O) groups is 1. The van der Waals surface area contributed by atoms with E-state index in [4.69, 9.17) is 10.5 Å². The SMILES string of the molecule is CCCC(N)C(=O)NCc1ccc(Oc2ccc(F)cc2)nc1.Cl. The molecule has 1 atom stereocenters. The second-order valence-electron chi connectivity index (χ2n) is 5.17. The molecular formula is C17H21ClFN3O2. The highest BCUT2D eigenvalue weighted by atomic mass is 35.5. The van der Waals surface area contributed by atoms with Gasteiger partial charge in [-0.25, -0.2) is 9.37 Å². The topological polar surface area (TPSA) is 77.2 Å². The summed E-state index contributed by atoms with van der Waals surface area (Å²) in [5.41, 5.74) is 6.58. The highest BCUT2D eigenvalue weighted by Gasteiger charge is 2.11. The van der Waals surface area contributed by atoms with Crippen LogP contribution in [0.2, 0.25) is 0 Å². The standard InChI is InChI=1S/C17H20FN3O2.ClH/c1-2-3-15(19)17(22)21-11-12-4-9-16(20-10-12)23-14-7-5-13(18)6-8-14;/h4-10,15H,2-3,11,19H2,1H3,(H,21,22);1H. The molecule has 1 unspecified atom stereocenters. The van der Waals surface area contributed by atoms with Crippen molar-refractivity contribution in [1.82, 2.24) is 10.3 Å². The number of ether oxygens (including phenoxy) is 1. The number of nitrogens with one attached hydrogen (secondary N) is 1. The Morgan fingerprint density at radius 1 is 1.29 bits per heavy atom. The van der Waals surface area contributed by atoms with Crippen LogP contribution in [0.3, 0.4) is 0 Å². The van der Waals surface area contributed by atoms with Gasteiger partial charge in [0.1, 0.15) is 11.6 Å². The predicted molar refractivity (Wildman–Crippen MR) is 92.7 cm³/mol. The lowest BCUT2D eigenvalue weighted by Gasteiger charge is -2.11. The minimum Gasteiger partial charge on any atom is -0.439 e. The Morgan fingerprint density at radius 2 is 2.00 bits per heavy atom. The lowest BCUT2D eigenvalue weighted by molar-refractivity contribution is -0.122. The normalized spacial score (nSPS) is 11.3. The molecule has 24 heavy (non-hydrogen) atoms. The lowest BCUT2D eigenvalue weighted by Crippen LogP contribution is -2.40. The molecule has 130 valence electrons. The number of aromatic nitrogens is 1. The van der Waals surface area contributed by atoms with Gasteiger partial charge in [-0.2, -0.15) is 0 Å². The van der Waals surface area contributed by atoms with Crippen LogP contribution in [0.4, 0.5) is 4.39 Å². The van der Waals surface area contributed by atoms with Gasteiger partial charge in [0.15, 0.2) is 0 Å². The van der Waals surface area contributed by atoms with E-state index in [9.17, 15) is 9.18 Å². The van der Waals surface area contributed by atoms with Gasteiger partial charge in [0.05, 0.1) is 6.04 Å². The zero-order valence-electron chi connectivity index (χ0n) is 13.4. The van der Waals surface area contributed by atoms with Crippen molar-refractivity contribution in [1.29, 1.82) is 0 Å². The molecule has 0 aliphatic rings. The zero-order chi connectivity index (χ0) is 16.7. The van der Waals surface area contributed by atoms with Gasteiger partial charge in [-0.3, -0.25) is 4.79 Å². The maximum absolute atomic E-state index is 12.8. The maximum atomic E-state index is 12.8. The summed E-state index contributed by atoms with van der Waals surface area (Å²) in [6.45, 7) is 2.34. The summed E-state index contributed by atoms with van der Waals surface area (Å²) in [5, 5.41) is 2.77. The van der Waals surface area contributed by atoms with Crippen molar-refractivity contribution in [2.75, 3.05) is 0 Å². The fourth-order valence-corrected chi connectivity index (χ4v) is 1.96. The van der Waals surface area contributed by atoms with Crippen molar-refractivity contribution in [2.45, 2.75) is 32.4 Å². The number of halogens is 2. The number of nitrogens with two attached hydrogens (primary N) is 1. The van der Waals surface area contributed by atoms with E-state index in [0.717, 1.165) is 12.0 Å². The van der Waals surface area contributed by atoms with Gasteiger partial charge in [-0.15, -0.1) is 12.4 Å². The molecule has 0 saturated carbocycles. The zero-order valence-corrected chi connectivity index (χ0v) is 14.2. The third-order valence-corrected chi connectivity index (χ3v) is 3.24. The molecule has 7 heteroatoms. The second kappa shape index (κ2) is 9.85. The van der Waals surface area contributed by atoms with E-state index in [1.54, 1.807) is 18.3 Å². The molecule has 0 aliphatic heterocycles. The molecule has 0 fully saturated rings. The number of rotatable bonds is 7. The number of hydrogen-bond donors (Lipinski definition) is 2. The molecule has 0 spiro atoms. The Bertz CT molecular complexity index is 635. The highest BCUT2D eigenvalue weighted by molar-refractivity contribution is 5.85. The minimum atomic E-state index is -0.478. The van der Waals surface area contributed by atoms with Crippen LogP contribution in [0.1, 0.15) is 25.3 Å². The first-order chi connectivity index (χ1) is 11.1. The number of carbonyl (C=O) groups excluding carboxylic acids is 1. The third-order valence-electron chi connectivity index (χ3n) is 3.24. The molecule has 0 saturated heterocycles. The van der Waals surface area contributed by atoms with Crippen LogP contribution in [0.25, 0.3) is 0 Å². The molecule has 0 radical (unpaired) electrons. The summed E-state index contributed by atoms with van der Waals surface area (Å²) in [4.78, 5) is 15.9. The van der Waals surface area contributed by atoms with Crippen molar-refractivity contribution in [3.8, 4) is 11.6 Å². The molecular weight excluding hydrogens is 333 g/mol. The Labute approximate surface area is 146 Å². The molecule has 3 N–H and O–H groups in total. The fourth-order valence-electron chi connectivity index (χ4n) is 1.96. The fraction of sp³-hybridized carbons (Fsp3) is 0.294. The molecule has 1 aromatic carbocycles. The van der Waals surface area contributed by atoms with Gasteiger partial charge >= 0.3 is 0 Å². The van der Waals surface area contributed by atoms with Crippen molar-refractivity contribution >= 4 is 18.3 Å². The van der Waals surface area contributed by atoms with E-state index < -0.39 is 6.04 Å².